The lowest BCUT2D eigenvalue weighted by atomic mass is 10.2. The predicted octanol–water partition coefficient (Wildman–Crippen LogP) is 0.939. The molecule has 0 aliphatic heterocycles. The van der Waals surface area contributed by atoms with E-state index in [0.29, 0.717) is 22.6 Å². The highest BCUT2D eigenvalue weighted by Gasteiger charge is 2.15. The lowest BCUT2D eigenvalue weighted by Crippen LogP contribution is -2.23. The van der Waals surface area contributed by atoms with Gasteiger partial charge < -0.3 is 5.32 Å². The van der Waals surface area contributed by atoms with E-state index >= 15 is 0 Å². The fourth-order valence-corrected chi connectivity index (χ4v) is 3.28. The maximum atomic E-state index is 12.1. The topological polar surface area (TPSA) is 101 Å². The van der Waals surface area contributed by atoms with Gasteiger partial charge >= 0.3 is 0 Å². The maximum Gasteiger partial charge on any atom is 0.265 e. The van der Waals surface area contributed by atoms with Gasteiger partial charge in [-0.15, -0.1) is 5.10 Å². The summed E-state index contributed by atoms with van der Waals surface area (Å²) in [6.45, 7) is 2.13. The van der Waals surface area contributed by atoms with Crippen LogP contribution in [0.3, 0.4) is 0 Å². The lowest BCUT2D eigenvalue weighted by molar-refractivity contribution is 0.0954. The zero-order chi connectivity index (χ0) is 16.2. The van der Waals surface area contributed by atoms with Crippen molar-refractivity contribution in [3.8, 4) is 0 Å². The normalized spacial score (nSPS) is 11.4. The van der Waals surface area contributed by atoms with Crippen LogP contribution >= 0.6 is 11.5 Å². The molecular weight excluding hydrogens is 324 g/mol. The molecule has 0 saturated heterocycles. The number of hydrogen-bond donors (Lipinski definition) is 2. The summed E-state index contributed by atoms with van der Waals surface area (Å²) in [5.41, 5.74) is 1.36. The maximum absolute atomic E-state index is 12.1. The van der Waals surface area contributed by atoms with Gasteiger partial charge in [0.05, 0.1) is 10.6 Å². The molecular formula is C13H16N4O3S2. The van der Waals surface area contributed by atoms with E-state index in [9.17, 15) is 13.2 Å². The zero-order valence-electron chi connectivity index (χ0n) is 12.2. The standard InChI is InChI=1S/C13H16N4O3S2/c1-3-11-12(21-17-16-11)13(18)15-8-9-5-4-6-10(7-9)22(19,20)14-2/h4-7,14H,3,8H2,1-2H3,(H,15,18). The van der Waals surface area contributed by atoms with Crippen LogP contribution in [0.4, 0.5) is 0 Å². The predicted molar refractivity (Wildman–Crippen MR) is 83.1 cm³/mol. The van der Waals surface area contributed by atoms with Gasteiger partial charge in [0.15, 0.2) is 0 Å². The molecule has 0 spiro atoms. The van der Waals surface area contributed by atoms with Crippen LogP contribution in [0.2, 0.25) is 0 Å². The summed E-state index contributed by atoms with van der Waals surface area (Å²) in [6, 6.07) is 6.41. The molecule has 0 aliphatic rings. The van der Waals surface area contributed by atoms with Crippen molar-refractivity contribution in [2.75, 3.05) is 7.05 Å². The molecule has 2 aromatic rings. The van der Waals surface area contributed by atoms with Crippen LogP contribution in [0.25, 0.3) is 0 Å². The van der Waals surface area contributed by atoms with Crippen LogP contribution in [0.1, 0.15) is 27.9 Å². The third-order valence-electron chi connectivity index (χ3n) is 3.03. The Balaban J connectivity index is 2.09. The molecule has 0 unspecified atom stereocenters. The molecule has 118 valence electrons. The highest BCUT2D eigenvalue weighted by molar-refractivity contribution is 7.89. The van der Waals surface area contributed by atoms with E-state index in [0.717, 1.165) is 11.5 Å². The molecule has 0 atom stereocenters. The van der Waals surface area contributed by atoms with E-state index < -0.39 is 10.0 Å². The zero-order valence-corrected chi connectivity index (χ0v) is 13.8. The Kier molecular flexibility index (Phi) is 5.22. The molecule has 1 amide bonds. The Morgan fingerprint density at radius 2 is 2.14 bits per heavy atom. The Morgan fingerprint density at radius 3 is 2.82 bits per heavy atom. The number of rotatable bonds is 6. The summed E-state index contributed by atoms with van der Waals surface area (Å²) >= 11 is 1.05. The highest BCUT2D eigenvalue weighted by Crippen LogP contribution is 2.13. The molecule has 9 heteroatoms. The van der Waals surface area contributed by atoms with E-state index in [1.165, 1.54) is 19.2 Å². The van der Waals surface area contributed by atoms with Crippen LogP contribution in [-0.4, -0.2) is 31.0 Å². The number of carbonyl (C=O) groups is 1. The van der Waals surface area contributed by atoms with Gasteiger partial charge in [0.25, 0.3) is 5.91 Å². The molecule has 1 aromatic carbocycles. The van der Waals surface area contributed by atoms with Crippen molar-refractivity contribution < 1.29 is 13.2 Å². The fourth-order valence-electron chi connectivity index (χ4n) is 1.82. The molecule has 0 radical (unpaired) electrons. The number of hydrogen-bond acceptors (Lipinski definition) is 6. The van der Waals surface area contributed by atoms with Crippen molar-refractivity contribution in [1.29, 1.82) is 0 Å². The summed E-state index contributed by atoms with van der Waals surface area (Å²) < 4.78 is 29.5. The van der Waals surface area contributed by atoms with Gasteiger partial charge in [0.2, 0.25) is 10.0 Å². The summed E-state index contributed by atoms with van der Waals surface area (Å²) in [5, 5.41) is 6.64. The second-order valence-corrected chi connectivity index (χ2v) is 7.08. The minimum atomic E-state index is -3.49. The number of nitrogens with zero attached hydrogens (tertiary/aromatic N) is 2. The van der Waals surface area contributed by atoms with E-state index in [4.69, 9.17) is 0 Å². The number of sulfonamides is 1. The van der Waals surface area contributed by atoms with Gasteiger partial charge in [0.1, 0.15) is 4.88 Å². The van der Waals surface area contributed by atoms with Gasteiger partial charge in [0, 0.05) is 6.54 Å². The first-order valence-electron chi connectivity index (χ1n) is 6.60. The quantitative estimate of drug-likeness (QED) is 0.815. The summed E-state index contributed by atoms with van der Waals surface area (Å²) in [4.78, 5) is 12.7. The van der Waals surface area contributed by atoms with E-state index in [2.05, 4.69) is 19.6 Å². The first-order valence-corrected chi connectivity index (χ1v) is 8.85. The van der Waals surface area contributed by atoms with Gasteiger partial charge in [-0.25, -0.2) is 13.1 Å². The number of aromatic nitrogens is 2. The van der Waals surface area contributed by atoms with Gasteiger partial charge in [-0.1, -0.05) is 23.5 Å². The molecule has 22 heavy (non-hydrogen) atoms. The van der Waals surface area contributed by atoms with E-state index in [1.54, 1.807) is 12.1 Å². The van der Waals surface area contributed by atoms with Crippen molar-refractivity contribution in [3.05, 3.63) is 40.4 Å². The molecule has 0 aliphatic carbocycles. The highest BCUT2D eigenvalue weighted by atomic mass is 32.2. The average Bonchev–Trinajstić information content (AvgIpc) is 3.01. The minimum absolute atomic E-state index is 0.162. The molecule has 7 nitrogen and oxygen atoms in total. The number of nitrogens with one attached hydrogen (secondary N) is 2. The summed E-state index contributed by atoms with van der Waals surface area (Å²) in [7, 11) is -2.14. The second kappa shape index (κ2) is 6.95. The smallest absolute Gasteiger partial charge is 0.265 e. The third kappa shape index (κ3) is 3.67. The van der Waals surface area contributed by atoms with Crippen molar-refractivity contribution in [1.82, 2.24) is 19.6 Å². The number of benzene rings is 1. The van der Waals surface area contributed by atoms with Gasteiger partial charge in [-0.05, 0) is 42.7 Å². The summed E-state index contributed by atoms with van der Waals surface area (Å²) in [6.07, 6.45) is 0.634. The molecule has 0 saturated carbocycles. The van der Waals surface area contributed by atoms with Crippen molar-refractivity contribution in [3.63, 3.8) is 0 Å². The Morgan fingerprint density at radius 1 is 1.36 bits per heavy atom. The van der Waals surface area contributed by atoms with E-state index in [1.807, 2.05) is 6.92 Å². The average molecular weight is 340 g/mol. The van der Waals surface area contributed by atoms with Crippen LogP contribution in [-0.2, 0) is 23.0 Å². The van der Waals surface area contributed by atoms with Gasteiger partial charge in [-0.2, -0.15) is 0 Å². The molecule has 0 bridgehead atoms. The molecule has 2 rings (SSSR count). The van der Waals surface area contributed by atoms with Crippen LogP contribution in [0.5, 0.6) is 0 Å². The molecule has 0 fully saturated rings. The van der Waals surface area contributed by atoms with Crippen LogP contribution in [0.15, 0.2) is 29.2 Å². The van der Waals surface area contributed by atoms with Crippen molar-refractivity contribution in [2.45, 2.75) is 24.8 Å². The second-order valence-electron chi connectivity index (χ2n) is 4.44. The first kappa shape index (κ1) is 16.5. The Labute approximate surface area is 133 Å². The largest absolute Gasteiger partial charge is 0.347 e. The Bertz CT molecular complexity index is 771. The Hall–Kier alpha value is -1.84. The van der Waals surface area contributed by atoms with Crippen LogP contribution < -0.4 is 10.0 Å². The SMILES string of the molecule is CCc1nnsc1C(=O)NCc1cccc(S(=O)(=O)NC)c1. The third-order valence-corrected chi connectivity index (χ3v) is 5.21. The van der Waals surface area contributed by atoms with Crippen LogP contribution in [0, 0.1) is 0 Å². The molecule has 2 N–H and O–H groups in total. The monoisotopic (exact) mass is 340 g/mol. The summed E-state index contributed by atoms with van der Waals surface area (Å²) in [5.74, 6) is -0.256. The fraction of sp³-hybridized carbons (Fsp3) is 0.308. The minimum Gasteiger partial charge on any atom is -0.347 e. The van der Waals surface area contributed by atoms with E-state index in [-0.39, 0.29) is 17.3 Å². The molecule has 1 heterocycles. The van der Waals surface area contributed by atoms with Crippen molar-refractivity contribution in [2.24, 2.45) is 0 Å². The molecule has 1 aromatic heterocycles. The number of amides is 1. The lowest BCUT2D eigenvalue weighted by Gasteiger charge is -2.07. The number of carbonyl (C=O) groups excluding carboxylic acids is 1. The van der Waals surface area contributed by atoms with Gasteiger partial charge in [-0.3, -0.25) is 4.79 Å². The number of aryl methyl sites for hydroxylation is 1. The first-order chi connectivity index (χ1) is 10.5. The van der Waals surface area contributed by atoms with Crippen molar-refractivity contribution >= 4 is 27.5 Å².